The third kappa shape index (κ3) is 7.69. The van der Waals surface area contributed by atoms with Crippen LogP contribution in [0.15, 0.2) is 97.4 Å². The molecule has 0 bridgehead atoms. The lowest BCUT2D eigenvalue weighted by atomic mass is 9.65. The number of benzene rings is 3. The number of aromatic nitrogens is 1. The largest absolute Gasteiger partial charge is 0.488 e. The first-order valence-corrected chi connectivity index (χ1v) is 17.5. The van der Waals surface area contributed by atoms with Gasteiger partial charge in [0.05, 0.1) is 29.8 Å². The second kappa shape index (κ2) is 16.0. The van der Waals surface area contributed by atoms with Crippen molar-refractivity contribution in [2.24, 2.45) is 5.41 Å². The number of halogens is 1. The van der Waals surface area contributed by atoms with E-state index in [0.717, 1.165) is 16.7 Å². The Balaban J connectivity index is 1.36. The number of allylic oxidation sites excluding steroid dienone is 2. The van der Waals surface area contributed by atoms with Gasteiger partial charge in [0.25, 0.3) is 5.91 Å². The van der Waals surface area contributed by atoms with Crippen LogP contribution in [0.3, 0.4) is 0 Å². The summed E-state index contributed by atoms with van der Waals surface area (Å²) in [5, 5.41) is 35.0. The number of hydrogen-bond acceptors (Lipinski definition) is 9. The van der Waals surface area contributed by atoms with Gasteiger partial charge < -0.3 is 35.1 Å². The van der Waals surface area contributed by atoms with Crippen molar-refractivity contribution in [1.82, 2.24) is 15.6 Å². The van der Waals surface area contributed by atoms with Gasteiger partial charge in [-0.15, -0.1) is 0 Å². The van der Waals surface area contributed by atoms with E-state index in [-0.39, 0.29) is 38.9 Å². The molecule has 0 saturated heterocycles. The highest BCUT2D eigenvalue weighted by Crippen LogP contribution is 2.50. The molecule has 52 heavy (non-hydrogen) atoms. The zero-order valence-corrected chi connectivity index (χ0v) is 29.8. The normalized spacial score (nSPS) is 17.5. The maximum Gasteiger partial charge on any atom is 0.251 e. The van der Waals surface area contributed by atoms with E-state index in [9.17, 15) is 20.3 Å². The van der Waals surface area contributed by atoms with Crippen molar-refractivity contribution in [2.45, 2.75) is 45.1 Å². The van der Waals surface area contributed by atoms with Crippen LogP contribution in [0.2, 0.25) is 5.02 Å². The first kappa shape index (κ1) is 36.6. The van der Waals surface area contributed by atoms with Crippen molar-refractivity contribution in [3.63, 3.8) is 0 Å². The molecule has 3 aromatic carbocycles. The van der Waals surface area contributed by atoms with E-state index in [0.29, 0.717) is 57.5 Å². The van der Waals surface area contributed by atoms with E-state index in [4.69, 9.17) is 25.8 Å². The molecule has 1 aromatic heterocycles. The number of ether oxygens (including phenoxy) is 3. The number of aliphatic hydroxyl groups is 2. The van der Waals surface area contributed by atoms with Gasteiger partial charge in [-0.25, -0.2) is 0 Å². The van der Waals surface area contributed by atoms with Crippen molar-refractivity contribution in [3.8, 4) is 23.3 Å². The number of nitrogens with one attached hydrogen (secondary N) is 2. The van der Waals surface area contributed by atoms with Gasteiger partial charge in [-0.2, -0.15) is 5.26 Å². The van der Waals surface area contributed by atoms with Gasteiger partial charge in [0, 0.05) is 59.2 Å². The van der Waals surface area contributed by atoms with Crippen LogP contribution in [0.1, 0.15) is 52.0 Å². The third-order valence-electron chi connectivity index (χ3n) is 9.67. The Morgan fingerprint density at radius 1 is 1.02 bits per heavy atom. The zero-order valence-electron chi connectivity index (χ0n) is 29.1. The number of nitriles is 1. The van der Waals surface area contributed by atoms with Gasteiger partial charge in [0.1, 0.15) is 36.5 Å². The topological polar surface area (TPSA) is 146 Å². The summed E-state index contributed by atoms with van der Waals surface area (Å²) in [6.07, 6.45) is 9.81. The minimum atomic E-state index is -1.07. The molecule has 0 saturated carbocycles. The van der Waals surface area contributed by atoms with Crippen molar-refractivity contribution < 1.29 is 29.2 Å². The van der Waals surface area contributed by atoms with E-state index >= 15 is 0 Å². The molecule has 2 aliphatic rings. The van der Waals surface area contributed by atoms with Gasteiger partial charge in [-0.05, 0) is 47.9 Å². The number of rotatable bonds is 14. The fourth-order valence-electron chi connectivity index (χ4n) is 6.54. The Bertz CT molecular complexity index is 2020. The molecule has 1 atom stereocenters. The Morgan fingerprint density at radius 3 is 2.60 bits per heavy atom. The van der Waals surface area contributed by atoms with Gasteiger partial charge in [-0.1, -0.05) is 74.0 Å². The Labute approximate surface area is 308 Å². The van der Waals surface area contributed by atoms with Crippen LogP contribution in [0.25, 0.3) is 5.57 Å². The first-order chi connectivity index (χ1) is 25.2. The van der Waals surface area contributed by atoms with Crippen molar-refractivity contribution in [1.29, 1.82) is 5.26 Å². The maximum atomic E-state index is 12.8. The fourth-order valence-corrected chi connectivity index (χ4v) is 6.78. The highest BCUT2D eigenvalue weighted by molar-refractivity contribution is 6.32. The molecular formula is C41H41ClN4O6. The molecule has 11 heteroatoms. The molecule has 0 fully saturated rings. The Kier molecular flexibility index (Phi) is 11.3. The molecule has 0 radical (unpaired) electrons. The van der Waals surface area contributed by atoms with Crippen LogP contribution in [-0.4, -0.2) is 59.1 Å². The minimum absolute atomic E-state index is 0.0402. The van der Waals surface area contributed by atoms with E-state index in [2.05, 4.69) is 53.7 Å². The number of carbonyl (C=O) groups is 1. The van der Waals surface area contributed by atoms with Gasteiger partial charge >= 0.3 is 0 Å². The third-order valence-corrected chi connectivity index (χ3v) is 9.97. The number of aliphatic hydroxyl groups excluding tert-OH is 2. The number of nitrogens with zero attached hydrogens (tertiary/aromatic N) is 2. The second-order valence-electron chi connectivity index (χ2n) is 13.3. The number of pyridine rings is 1. The van der Waals surface area contributed by atoms with E-state index in [1.54, 1.807) is 24.4 Å². The molecule has 1 unspecified atom stereocenters. The highest BCUT2D eigenvalue weighted by Gasteiger charge is 2.51. The van der Waals surface area contributed by atoms with Crippen LogP contribution in [-0.2, 0) is 19.6 Å². The van der Waals surface area contributed by atoms with E-state index in [1.807, 2.05) is 48.6 Å². The lowest BCUT2D eigenvalue weighted by Crippen LogP contribution is -2.54. The number of hydrogen-bond donors (Lipinski definition) is 4. The summed E-state index contributed by atoms with van der Waals surface area (Å²) in [6, 6.07) is 22.4. The smallest absolute Gasteiger partial charge is 0.251 e. The summed E-state index contributed by atoms with van der Waals surface area (Å²) >= 11 is 6.90. The molecule has 268 valence electrons. The zero-order chi connectivity index (χ0) is 36.7. The van der Waals surface area contributed by atoms with Gasteiger partial charge in [0.2, 0.25) is 0 Å². The fraction of sp³-hybridized carbons (Fsp3) is 0.293. The lowest BCUT2D eigenvalue weighted by molar-refractivity contribution is -0.00882. The molecule has 4 N–H and O–H groups in total. The van der Waals surface area contributed by atoms with Crippen molar-refractivity contribution in [2.75, 3.05) is 26.4 Å². The summed E-state index contributed by atoms with van der Waals surface area (Å²) in [6.45, 7) is 4.62. The first-order valence-electron chi connectivity index (χ1n) is 17.1. The van der Waals surface area contributed by atoms with Crippen molar-refractivity contribution >= 4 is 23.1 Å². The highest BCUT2D eigenvalue weighted by atomic mass is 35.5. The average molecular weight is 721 g/mol. The van der Waals surface area contributed by atoms with Crippen LogP contribution < -0.4 is 24.8 Å². The summed E-state index contributed by atoms with van der Waals surface area (Å²) in [4.78, 5) is 16.9. The second-order valence-corrected chi connectivity index (χ2v) is 13.7. The van der Waals surface area contributed by atoms with Crippen LogP contribution >= 0.6 is 11.6 Å². The average Bonchev–Trinajstić information content (AvgIpc) is 3.16. The summed E-state index contributed by atoms with van der Waals surface area (Å²) in [5.74, 6) is 1.27. The standard InChI is InChI=1S/C41H41ClN4O6/c1-40(2)34(29-8-4-3-5-9-29)11-7-14-41(40,52-36-12-6-10-33-32(36)13-15-45-39(33)49)26-51-38-18-37(50-25-28-16-27(19-43)20-44-21-28)30(17-35(38)42)22-46-31(23-47)24-48/h3-12,14,16-18,20-21,31,46-48H,13,15,22-26H2,1-2H3,(H,45,49). The number of carbonyl (C=O) groups excluding carboxylic acids is 1. The molecule has 1 amide bonds. The predicted molar refractivity (Wildman–Crippen MR) is 198 cm³/mol. The minimum Gasteiger partial charge on any atom is -0.488 e. The quantitative estimate of drug-likeness (QED) is 0.127. The number of fused-ring (bicyclic) bond motifs is 1. The van der Waals surface area contributed by atoms with E-state index in [1.165, 1.54) is 6.20 Å². The Hall–Kier alpha value is -5.18. The van der Waals surface area contributed by atoms with Gasteiger partial charge in [-0.3, -0.25) is 9.78 Å². The summed E-state index contributed by atoms with van der Waals surface area (Å²) < 4.78 is 20.0. The lowest BCUT2D eigenvalue weighted by Gasteiger charge is -2.48. The molecule has 1 aliphatic heterocycles. The monoisotopic (exact) mass is 720 g/mol. The summed E-state index contributed by atoms with van der Waals surface area (Å²) in [5.41, 5.74) is 3.58. The molecular weight excluding hydrogens is 680 g/mol. The van der Waals surface area contributed by atoms with E-state index < -0.39 is 17.1 Å². The maximum absolute atomic E-state index is 12.8. The van der Waals surface area contributed by atoms with Gasteiger partial charge in [0.15, 0.2) is 5.60 Å². The Morgan fingerprint density at radius 2 is 1.83 bits per heavy atom. The molecule has 4 aromatic rings. The van der Waals surface area contributed by atoms with Crippen LogP contribution in [0.5, 0.6) is 17.2 Å². The van der Waals surface area contributed by atoms with Crippen molar-refractivity contribution in [3.05, 3.63) is 136 Å². The number of amides is 1. The summed E-state index contributed by atoms with van der Waals surface area (Å²) in [7, 11) is 0. The molecule has 0 spiro atoms. The predicted octanol–water partition coefficient (Wildman–Crippen LogP) is 5.79. The SMILES string of the molecule is CC1(C)C(c2ccccc2)=CC=CC1(COc1cc(OCc2cncc(C#N)c2)c(CNC(CO)CO)cc1Cl)Oc1cccc2c1CCNC2=O. The molecule has 2 heterocycles. The molecule has 10 nitrogen and oxygen atoms in total. The van der Waals surface area contributed by atoms with Crippen LogP contribution in [0, 0.1) is 16.7 Å². The molecule has 1 aliphatic carbocycles. The molecule has 6 rings (SSSR count). The van der Waals surface area contributed by atoms with Crippen LogP contribution in [0.4, 0.5) is 0 Å².